The van der Waals surface area contributed by atoms with Crippen molar-refractivity contribution in [2.24, 2.45) is 0 Å². The van der Waals surface area contributed by atoms with Crippen LogP contribution in [0.25, 0.3) is 0 Å². The summed E-state index contributed by atoms with van der Waals surface area (Å²) in [7, 11) is 0. The van der Waals surface area contributed by atoms with Crippen LogP contribution in [-0.2, 0) is 36.8 Å². The smallest absolute Gasteiger partial charge is 0.220 e. The third kappa shape index (κ3) is 18.0. The quantitative estimate of drug-likeness (QED) is 0.260. The molecule has 0 spiro atoms. The zero-order valence-corrected chi connectivity index (χ0v) is 17.3. The Morgan fingerprint density at radius 2 is 1.23 bits per heavy atom. The Hall–Kier alpha value is -0.850. The van der Waals surface area contributed by atoms with Crippen LogP contribution < -0.4 is 15.5 Å². The Labute approximate surface area is 173 Å². The Balaban J connectivity index is 0. The molecule has 0 aromatic carbocycles. The number of amides is 1. The van der Waals surface area contributed by atoms with Crippen LogP contribution in [-0.4, -0.2) is 23.9 Å². The Morgan fingerprint density at radius 3 is 1.65 bits per heavy atom. The van der Waals surface area contributed by atoms with Crippen molar-refractivity contribution in [3.05, 3.63) is 0 Å². The van der Waals surface area contributed by atoms with Crippen molar-refractivity contribution in [1.29, 1.82) is 0 Å². The van der Waals surface area contributed by atoms with Gasteiger partial charge in [0.05, 0.1) is 12.0 Å². The monoisotopic (exact) mass is 462 g/mol. The van der Waals surface area contributed by atoms with Crippen LogP contribution in [0.4, 0.5) is 0 Å². The molecule has 0 bridgehead atoms. The fourth-order valence-corrected chi connectivity index (χ4v) is 2.73. The maximum atomic E-state index is 11.7. The summed E-state index contributed by atoms with van der Waals surface area (Å²) in [5.41, 5.74) is 0. The van der Waals surface area contributed by atoms with Crippen LogP contribution in [0.2, 0.25) is 0 Å². The van der Waals surface area contributed by atoms with E-state index in [0.717, 1.165) is 12.8 Å². The van der Waals surface area contributed by atoms with Gasteiger partial charge in [0.1, 0.15) is 0 Å². The van der Waals surface area contributed by atoms with Gasteiger partial charge in [-0.15, -0.1) is 0 Å². The largest absolute Gasteiger partial charge is 0.550 e. The molecule has 6 nitrogen and oxygen atoms in total. The summed E-state index contributed by atoms with van der Waals surface area (Å²) < 4.78 is 0. The molecule has 1 N–H and O–H groups in total. The minimum absolute atomic E-state index is 0. The molecule has 1 atom stereocenters. The molecule has 0 saturated heterocycles. The number of carbonyl (C=O) groups excluding carboxylic acids is 3. The maximum Gasteiger partial charge on any atom is 0.220 e. The van der Waals surface area contributed by atoms with Crippen molar-refractivity contribution in [3.8, 4) is 0 Å². The molecule has 0 aromatic rings. The number of rotatable bonds is 17. The SMILES string of the molecule is CCCCCCCCCCCCCC(=O)N[C@@H](CCC(=O)[O-])C(=O)[O-].[Ag]. The van der Waals surface area contributed by atoms with Gasteiger partial charge in [0.2, 0.25) is 5.91 Å². The molecule has 0 rings (SSSR count). The predicted octanol–water partition coefficient (Wildman–Crippen LogP) is 1.45. The zero-order valence-electron chi connectivity index (χ0n) is 15.8. The van der Waals surface area contributed by atoms with E-state index < -0.39 is 24.4 Å². The number of carboxylic acids is 2. The molecule has 0 unspecified atom stereocenters. The van der Waals surface area contributed by atoms with Crippen molar-refractivity contribution in [1.82, 2.24) is 5.32 Å². The first-order valence-corrected chi connectivity index (χ1v) is 9.67. The molecular weight excluding hydrogens is 430 g/mol. The normalized spacial score (nSPS) is 11.4. The Bertz CT molecular complexity index is 390. The van der Waals surface area contributed by atoms with E-state index in [1.165, 1.54) is 51.4 Å². The number of unbranched alkanes of at least 4 members (excludes halogenated alkanes) is 10. The molecule has 0 fully saturated rings. The van der Waals surface area contributed by atoms with E-state index in [1.54, 1.807) is 0 Å². The number of aliphatic carboxylic acids is 2. The second-order valence-corrected chi connectivity index (χ2v) is 6.64. The molecule has 1 amide bonds. The van der Waals surface area contributed by atoms with Gasteiger partial charge in [0, 0.05) is 34.8 Å². The van der Waals surface area contributed by atoms with E-state index in [4.69, 9.17) is 0 Å². The minimum atomic E-state index is -1.46. The van der Waals surface area contributed by atoms with Gasteiger partial charge < -0.3 is 25.1 Å². The average molecular weight is 463 g/mol. The Kier molecular flexibility index (Phi) is 19.9. The molecule has 1 radical (unpaired) electrons. The molecule has 0 aliphatic carbocycles. The van der Waals surface area contributed by atoms with Crippen molar-refractivity contribution < 1.29 is 47.0 Å². The summed E-state index contributed by atoms with van der Waals surface area (Å²) in [5, 5.41) is 23.5. The third-order valence-electron chi connectivity index (χ3n) is 4.26. The van der Waals surface area contributed by atoms with Crippen molar-refractivity contribution >= 4 is 17.8 Å². The third-order valence-corrected chi connectivity index (χ3v) is 4.26. The first kappa shape index (κ1) is 27.4. The van der Waals surface area contributed by atoms with Crippen LogP contribution in [0.15, 0.2) is 0 Å². The maximum absolute atomic E-state index is 11.7. The van der Waals surface area contributed by atoms with E-state index >= 15 is 0 Å². The fourth-order valence-electron chi connectivity index (χ4n) is 2.73. The van der Waals surface area contributed by atoms with Crippen LogP contribution in [0.5, 0.6) is 0 Å². The van der Waals surface area contributed by atoms with E-state index in [1.807, 2.05) is 0 Å². The van der Waals surface area contributed by atoms with Gasteiger partial charge in [-0.2, -0.15) is 0 Å². The fraction of sp³-hybridized carbons (Fsp3) is 0.842. The summed E-state index contributed by atoms with van der Waals surface area (Å²) in [4.78, 5) is 32.9. The molecule has 157 valence electrons. The van der Waals surface area contributed by atoms with Gasteiger partial charge in [-0.05, 0) is 19.3 Å². The summed E-state index contributed by atoms with van der Waals surface area (Å²) in [5.74, 6) is -3.18. The van der Waals surface area contributed by atoms with Crippen LogP contribution in [0.3, 0.4) is 0 Å². The van der Waals surface area contributed by atoms with Gasteiger partial charge in [0.25, 0.3) is 0 Å². The van der Waals surface area contributed by atoms with Crippen molar-refractivity contribution in [2.45, 2.75) is 103 Å². The number of carbonyl (C=O) groups is 3. The molecule has 7 heteroatoms. The molecular formula is C19H33AgNO5-2. The number of hydrogen-bond donors (Lipinski definition) is 1. The van der Waals surface area contributed by atoms with E-state index in [9.17, 15) is 24.6 Å². The first-order chi connectivity index (χ1) is 12.0. The van der Waals surface area contributed by atoms with Gasteiger partial charge in [-0.1, -0.05) is 71.1 Å². The zero-order chi connectivity index (χ0) is 18.9. The number of hydrogen-bond acceptors (Lipinski definition) is 5. The predicted molar refractivity (Wildman–Crippen MR) is 92.3 cm³/mol. The second-order valence-electron chi connectivity index (χ2n) is 6.64. The van der Waals surface area contributed by atoms with Crippen molar-refractivity contribution in [3.63, 3.8) is 0 Å². The summed E-state index contributed by atoms with van der Waals surface area (Å²) in [6, 6.07) is -1.27. The summed E-state index contributed by atoms with van der Waals surface area (Å²) >= 11 is 0. The van der Waals surface area contributed by atoms with E-state index in [2.05, 4.69) is 12.2 Å². The van der Waals surface area contributed by atoms with Crippen LogP contribution >= 0.6 is 0 Å². The number of carboxylic acid groups (broad SMARTS) is 2. The number of nitrogens with one attached hydrogen (secondary N) is 1. The topological polar surface area (TPSA) is 109 Å². The van der Waals surface area contributed by atoms with Gasteiger partial charge in [-0.25, -0.2) is 0 Å². The average Bonchev–Trinajstić information content (AvgIpc) is 2.56. The molecule has 0 saturated carbocycles. The van der Waals surface area contributed by atoms with Crippen LogP contribution in [0, 0.1) is 0 Å². The van der Waals surface area contributed by atoms with Crippen molar-refractivity contribution in [2.75, 3.05) is 0 Å². The molecule has 26 heavy (non-hydrogen) atoms. The Morgan fingerprint density at radius 1 is 0.769 bits per heavy atom. The van der Waals surface area contributed by atoms with E-state index in [0.29, 0.717) is 6.42 Å². The first-order valence-electron chi connectivity index (χ1n) is 9.67. The minimum Gasteiger partial charge on any atom is -0.550 e. The summed E-state index contributed by atoms with van der Waals surface area (Å²) in [6.07, 6.45) is 12.6. The standard InChI is InChI=1S/C19H35NO5.Ag/c1-2-3-4-5-6-7-8-9-10-11-12-13-17(21)20-16(19(24)25)14-15-18(22)23;/h16H,2-15H2,1H3,(H,20,21)(H,22,23)(H,24,25);/p-2/t16-;/m0./s1. The van der Waals surface area contributed by atoms with Gasteiger partial charge in [0.15, 0.2) is 0 Å². The molecule has 0 aliphatic heterocycles. The second kappa shape index (κ2) is 18.9. The van der Waals surface area contributed by atoms with Crippen LogP contribution in [0.1, 0.15) is 96.8 Å². The summed E-state index contributed by atoms with van der Waals surface area (Å²) in [6.45, 7) is 2.21. The molecule has 0 heterocycles. The molecule has 0 aliphatic rings. The van der Waals surface area contributed by atoms with Gasteiger partial charge >= 0.3 is 0 Å². The van der Waals surface area contributed by atoms with E-state index in [-0.39, 0.29) is 41.1 Å². The molecule has 0 aromatic heterocycles. The van der Waals surface area contributed by atoms with Gasteiger partial charge in [-0.3, -0.25) is 4.79 Å².